The Bertz CT molecular complexity index is 810. The predicted molar refractivity (Wildman–Crippen MR) is 114 cm³/mol. The quantitative estimate of drug-likeness (QED) is 0.646. The normalized spacial score (nSPS) is 15.5. The van der Waals surface area contributed by atoms with Gasteiger partial charge in [-0.3, -0.25) is 0 Å². The molecular formula is C24H32N2O. The van der Waals surface area contributed by atoms with Gasteiger partial charge < -0.3 is 11.1 Å². The second kappa shape index (κ2) is 9.07. The highest BCUT2D eigenvalue weighted by Crippen LogP contribution is 2.34. The molecular weight excluding hydrogens is 332 g/mol. The summed E-state index contributed by atoms with van der Waals surface area (Å²) >= 11 is 0. The van der Waals surface area contributed by atoms with Crippen molar-refractivity contribution in [3.63, 3.8) is 0 Å². The van der Waals surface area contributed by atoms with E-state index in [1.165, 1.54) is 80.0 Å². The number of carbonyl (C=O) groups excluding carboxylic acids is 1. The van der Waals surface area contributed by atoms with E-state index in [-0.39, 0.29) is 0 Å². The first-order valence-electron chi connectivity index (χ1n) is 10.4. The Morgan fingerprint density at radius 3 is 2.15 bits per heavy atom. The largest absolute Gasteiger partial charge is 0.351 e. The zero-order valence-electron chi connectivity index (χ0n) is 16.7. The summed E-state index contributed by atoms with van der Waals surface area (Å²) in [7, 11) is 0. The molecule has 0 bridgehead atoms. The first kappa shape index (κ1) is 19.5. The highest BCUT2D eigenvalue weighted by Gasteiger charge is 2.15. The van der Waals surface area contributed by atoms with Gasteiger partial charge in [-0.25, -0.2) is 4.79 Å². The van der Waals surface area contributed by atoms with E-state index >= 15 is 0 Å². The fourth-order valence-electron chi connectivity index (χ4n) is 4.38. The average molecular weight is 365 g/mol. The number of benzene rings is 2. The maximum absolute atomic E-state index is 11.3. The molecule has 2 aromatic carbocycles. The fraction of sp³-hybridized carbons (Fsp3) is 0.458. The van der Waals surface area contributed by atoms with Crippen LogP contribution in [-0.4, -0.2) is 6.03 Å². The van der Waals surface area contributed by atoms with Crippen molar-refractivity contribution in [3.8, 4) is 11.1 Å². The molecule has 0 radical (unpaired) electrons. The number of nitrogens with two attached hydrogens (primary N) is 1. The summed E-state index contributed by atoms with van der Waals surface area (Å²) in [4.78, 5) is 11.3. The SMILES string of the molecule is Cc1c(NC(N)=O)cccc1-c1ccc2c(c1C)CCCCCCCCC2. The number of fused-ring (bicyclic) bond motifs is 1. The van der Waals surface area contributed by atoms with Crippen LogP contribution in [0.4, 0.5) is 10.5 Å². The van der Waals surface area contributed by atoms with Crippen molar-refractivity contribution in [2.45, 2.75) is 71.6 Å². The Morgan fingerprint density at radius 1 is 0.815 bits per heavy atom. The first-order valence-corrected chi connectivity index (χ1v) is 10.4. The third-order valence-corrected chi connectivity index (χ3v) is 5.95. The Hall–Kier alpha value is -2.29. The van der Waals surface area contributed by atoms with Gasteiger partial charge in [0.15, 0.2) is 0 Å². The van der Waals surface area contributed by atoms with Gasteiger partial charge in [0.25, 0.3) is 0 Å². The molecule has 3 heteroatoms. The third kappa shape index (κ3) is 4.71. The van der Waals surface area contributed by atoms with E-state index in [9.17, 15) is 4.79 Å². The number of amides is 2. The van der Waals surface area contributed by atoms with Crippen molar-refractivity contribution in [2.75, 3.05) is 5.32 Å². The summed E-state index contributed by atoms with van der Waals surface area (Å²) in [5.41, 5.74) is 14.1. The van der Waals surface area contributed by atoms with Crippen LogP contribution in [0.2, 0.25) is 0 Å². The number of hydrogen-bond acceptors (Lipinski definition) is 1. The molecule has 144 valence electrons. The van der Waals surface area contributed by atoms with E-state index < -0.39 is 6.03 Å². The van der Waals surface area contributed by atoms with Gasteiger partial charge in [-0.15, -0.1) is 0 Å². The number of urea groups is 1. The molecule has 3 N–H and O–H groups in total. The molecule has 0 saturated heterocycles. The summed E-state index contributed by atoms with van der Waals surface area (Å²) in [6.07, 6.45) is 11.8. The lowest BCUT2D eigenvalue weighted by Gasteiger charge is -2.19. The van der Waals surface area contributed by atoms with Crippen LogP contribution in [0.3, 0.4) is 0 Å². The Kier molecular flexibility index (Phi) is 6.54. The molecule has 2 amide bonds. The van der Waals surface area contributed by atoms with Crippen LogP contribution in [-0.2, 0) is 12.8 Å². The molecule has 1 aliphatic rings. The number of hydrogen-bond donors (Lipinski definition) is 2. The monoisotopic (exact) mass is 364 g/mol. The van der Waals surface area contributed by atoms with E-state index in [0.29, 0.717) is 0 Å². The predicted octanol–water partition coefficient (Wildman–Crippen LogP) is 6.29. The van der Waals surface area contributed by atoms with Gasteiger partial charge in [-0.05, 0) is 79.0 Å². The average Bonchev–Trinajstić information content (AvgIpc) is 2.69. The van der Waals surface area contributed by atoms with Gasteiger partial charge >= 0.3 is 6.03 Å². The number of anilines is 1. The summed E-state index contributed by atoms with van der Waals surface area (Å²) in [6.45, 7) is 4.32. The van der Waals surface area contributed by atoms with E-state index in [4.69, 9.17) is 5.73 Å². The molecule has 1 aliphatic carbocycles. The minimum atomic E-state index is -0.520. The molecule has 3 rings (SSSR count). The minimum absolute atomic E-state index is 0.520. The zero-order valence-corrected chi connectivity index (χ0v) is 16.7. The van der Waals surface area contributed by atoms with Crippen LogP contribution in [0, 0.1) is 13.8 Å². The van der Waals surface area contributed by atoms with E-state index in [2.05, 4.69) is 37.4 Å². The smallest absolute Gasteiger partial charge is 0.316 e. The van der Waals surface area contributed by atoms with Crippen LogP contribution in [0.1, 0.15) is 67.2 Å². The molecule has 0 fully saturated rings. The number of primary amides is 1. The number of aryl methyl sites for hydroxylation is 1. The number of nitrogens with one attached hydrogen (secondary N) is 1. The first-order chi connectivity index (χ1) is 13.1. The highest BCUT2D eigenvalue weighted by atomic mass is 16.2. The standard InChI is InChI=1S/C24H32N2O/c1-17-20-12-9-7-5-3-4-6-8-11-19(20)15-16-22(17)21-13-10-14-23(18(21)2)26-24(25)27/h10,13-16H,3-9,11-12H2,1-2H3,(H3,25,26,27). The summed E-state index contributed by atoms with van der Waals surface area (Å²) in [6, 6.07) is 10.1. The lowest BCUT2D eigenvalue weighted by atomic mass is 9.87. The number of rotatable bonds is 2. The van der Waals surface area contributed by atoms with Gasteiger partial charge in [-0.1, -0.05) is 56.4 Å². The van der Waals surface area contributed by atoms with Crippen LogP contribution in [0.15, 0.2) is 30.3 Å². The Labute approximate surface area is 163 Å². The van der Waals surface area contributed by atoms with Crippen molar-refractivity contribution in [3.05, 3.63) is 52.6 Å². The van der Waals surface area contributed by atoms with Crippen molar-refractivity contribution >= 4 is 11.7 Å². The molecule has 0 spiro atoms. The molecule has 27 heavy (non-hydrogen) atoms. The fourth-order valence-corrected chi connectivity index (χ4v) is 4.38. The van der Waals surface area contributed by atoms with Crippen molar-refractivity contribution in [1.82, 2.24) is 0 Å². The van der Waals surface area contributed by atoms with E-state index in [0.717, 1.165) is 11.3 Å². The second-order valence-corrected chi connectivity index (χ2v) is 7.82. The van der Waals surface area contributed by atoms with E-state index in [1.807, 2.05) is 12.1 Å². The zero-order chi connectivity index (χ0) is 19.2. The van der Waals surface area contributed by atoms with Crippen molar-refractivity contribution < 1.29 is 4.79 Å². The molecule has 0 aliphatic heterocycles. The van der Waals surface area contributed by atoms with Crippen LogP contribution >= 0.6 is 0 Å². The van der Waals surface area contributed by atoms with Gasteiger partial charge in [-0.2, -0.15) is 0 Å². The summed E-state index contributed by atoms with van der Waals surface area (Å²) in [5, 5.41) is 2.74. The van der Waals surface area contributed by atoms with Crippen molar-refractivity contribution in [1.29, 1.82) is 0 Å². The minimum Gasteiger partial charge on any atom is -0.351 e. The van der Waals surface area contributed by atoms with E-state index in [1.54, 1.807) is 5.56 Å². The maximum atomic E-state index is 11.3. The maximum Gasteiger partial charge on any atom is 0.316 e. The molecule has 0 saturated carbocycles. The number of carbonyl (C=O) groups is 1. The molecule has 3 nitrogen and oxygen atoms in total. The summed E-state index contributed by atoms with van der Waals surface area (Å²) in [5.74, 6) is 0. The second-order valence-electron chi connectivity index (χ2n) is 7.82. The van der Waals surface area contributed by atoms with Crippen LogP contribution in [0.25, 0.3) is 11.1 Å². The van der Waals surface area contributed by atoms with Crippen LogP contribution < -0.4 is 11.1 Å². The highest BCUT2D eigenvalue weighted by molar-refractivity contribution is 5.90. The van der Waals surface area contributed by atoms with Gasteiger partial charge in [0.2, 0.25) is 0 Å². The lowest BCUT2D eigenvalue weighted by Crippen LogP contribution is -2.20. The lowest BCUT2D eigenvalue weighted by molar-refractivity contribution is 0.259. The molecule has 0 atom stereocenters. The molecule has 0 heterocycles. The Balaban J connectivity index is 2.00. The van der Waals surface area contributed by atoms with Gasteiger partial charge in [0.1, 0.15) is 0 Å². The Morgan fingerprint density at radius 2 is 1.44 bits per heavy atom. The summed E-state index contributed by atoms with van der Waals surface area (Å²) < 4.78 is 0. The molecule has 2 aromatic rings. The van der Waals surface area contributed by atoms with Crippen LogP contribution in [0.5, 0.6) is 0 Å². The van der Waals surface area contributed by atoms with Gasteiger partial charge in [0.05, 0.1) is 0 Å². The van der Waals surface area contributed by atoms with Crippen molar-refractivity contribution in [2.24, 2.45) is 5.73 Å². The molecule has 0 unspecified atom stereocenters. The topological polar surface area (TPSA) is 55.1 Å². The molecule has 0 aromatic heterocycles. The third-order valence-electron chi connectivity index (χ3n) is 5.95. The van der Waals surface area contributed by atoms with Gasteiger partial charge in [0, 0.05) is 5.69 Å².